The Morgan fingerprint density at radius 2 is 2.06 bits per heavy atom. The van der Waals surface area contributed by atoms with Gasteiger partial charge in [-0.15, -0.1) is 0 Å². The summed E-state index contributed by atoms with van der Waals surface area (Å²) in [5.74, 6) is 0.770. The van der Waals surface area contributed by atoms with Crippen molar-refractivity contribution in [3.63, 3.8) is 0 Å². The summed E-state index contributed by atoms with van der Waals surface area (Å²) in [6.45, 7) is 2.97. The van der Waals surface area contributed by atoms with Gasteiger partial charge in [0.25, 0.3) is 0 Å². The maximum atomic E-state index is 9.09. The number of hydrogen-bond donors (Lipinski definition) is 1. The van der Waals surface area contributed by atoms with Crippen molar-refractivity contribution in [2.24, 2.45) is 0 Å². The zero-order chi connectivity index (χ0) is 12.7. The van der Waals surface area contributed by atoms with Crippen LogP contribution in [0.5, 0.6) is 5.75 Å². The first kappa shape index (κ1) is 14.0. The summed E-state index contributed by atoms with van der Waals surface area (Å²) in [5.41, 5.74) is 1.78. The second-order valence-electron chi connectivity index (χ2n) is 3.88. The molecule has 4 nitrogen and oxygen atoms in total. The number of methoxy groups -OCH3 is 2. The normalized spacial score (nSPS) is 12.5. The highest BCUT2D eigenvalue weighted by Gasteiger charge is 2.07. The molecule has 1 aromatic carbocycles. The Morgan fingerprint density at radius 1 is 1.29 bits per heavy atom. The van der Waals surface area contributed by atoms with Crippen molar-refractivity contribution in [1.29, 1.82) is 0 Å². The van der Waals surface area contributed by atoms with E-state index in [2.05, 4.69) is 0 Å². The predicted molar refractivity (Wildman–Crippen MR) is 65.0 cm³/mol. The molecule has 0 amide bonds. The number of rotatable bonds is 7. The predicted octanol–water partition coefficient (Wildman–Crippen LogP) is 1.74. The van der Waals surface area contributed by atoms with Crippen LogP contribution >= 0.6 is 0 Å². The highest BCUT2D eigenvalue weighted by atomic mass is 16.5. The average Bonchev–Trinajstić information content (AvgIpc) is 2.36. The van der Waals surface area contributed by atoms with E-state index in [0.29, 0.717) is 13.2 Å². The Bertz CT molecular complexity index is 338. The van der Waals surface area contributed by atoms with Crippen LogP contribution in [-0.4, -0.2) is 32.0 Å². The van der Waals surface area contributed by atoms with Crippen LogP contribution < -0.4 is 4.74 Å². The Kier molecular flexibility index (Phi) is 5.97. The molecule has 0 heterocycles. The van der Waals surface area contributed by atoms with Gasteiger partial charge in [0, 0.05) is 12.7 Å². The summed E-state index contributed by atoms with van der Waals surface area (Å²) >= 11 is 0. The van der Waals surface area contributed by atoms with Gasteiger partial charge in [0.15, 0.2) is 0 Å². The minimum atomic E-state index is 0.0185. The molecule has 0 saturated carbocycles. The van der Waals surface area contributed by atoms with Gasteiger partial charge < -0.3 is 19.3 Å². The minimum Gasteiger partial charge on any atom is -0.496 e. The maximum absolute atomic E-state index is 9.09. The van der Waals surface area contributed by atoms with Gasteiger partial charge >= 0.3 is 0 Å². The van der Waals surface area contributed by atoms with Crippen molar-refractivity contribution in [2.45, 2.75) is 26.2 Å². The molecule has 96 valence electrons. The van der Waals surface area contributed by atoms with Crippen LogP contribution in [0.1, 0.15) is 18.1 Å². The van der Waals surface area contributed by atoms with Gasteiger partial charge in [-0.2, -0.15) is 0 Å². The van der Waals surface area contributed by atoms with Crippen LogP contribution in [0.4, 0.5) is 0 Å². The van der Waals surface area contributed by atoms with Crippen LogP contribution in [0.25, 0.3) is 0 Å². The summed E-state index contributed by atoms with van der Waals surface area (Å²) in [4.78, 5) is 0. The maximum Gasteiger partial charge on any atom is 0.124 e. The molecule has 0 aliphatic heterocycles. The Balaban J connectivity index is 2.67. The van der Waals surface area contributed by atoms with Crippen molar-refractivity contribution in [3.8, 4) is 5.75 Å². The van der Waals surface area contributed by atoms with E-state index in [1.54, 1.807) is 14.2 Å². The fourth-order valence-electron chi connectivity index (χ4n) is 1.56. The SMILES string of the molecule is COCC(C)OCc1cc(CO)ccc1OC. The Labute approximate surface area is 102 Å². The standard InChI is InChI=1S/C13H20O4/c1-10(8-15-2)17-9-12-6-11(7-14)4-5-13(12)16-3/h4-6,10,14H,7-9H2,1-3H3. The lowest BCUT2D eigenvalue weighted by atomic mass is 10.1. The fourth-order valence-corrected chi connectivity index (χ4v) is 1.56. The van der Waals surface area contributed by atoms with E-state index in [0.717, 1.165) is 16.9 Å². The number of aliphatic hydroxyl groups excluding tert-OH is 1. The van der Waals surface area contributed by atoms with Gasteiger partial charge in [-0.25, -0.2) is 0 Å². The first-order valence-corrected chi connectivity index (χ1v) is 5.58. The van der Waals surface area contributed by atoms with Crippen LogP contribution in [0.2, 0.25) is 0 Å². The average molecular weight is 240 g/mol. The van der Waals surface area contributed by atoms with Crippen molar-refractivity contribution >= 4 is 0 Å². The van der Waals surface area contributed by atoms with Crippen molar-refractivity contribution in [3.05, 3.63) is 29.3 Å². The summed E-state index contributed by atoms with van der Waals surface area (Å²) in [6, 6.07) is 5.56. The molecule has 1 rings (SSSR count). The van der Waals surface area contributed by atoms with Crippen LogP contribution in [0, 0.1) is 0 Å². The summed E-state index contributed by atoms with van der Waals surface area (Å²) in [7, 11) is 3.27. The van der Waals surface area contributed by atoms with Crippen LogP contribution in [0.15, 0.2) is 18.2 Å². The molecule has 4 heteroatoms. The zero-order valence-corrected chi connectivity index (χ0v) is 10.6. The second kappa shape index (κ2) is 7.27. The van der Waals surface area contributed by atoms with Crippen molar-refractivity contribution in [2.75, 3.05) is 20.8 Å². The molecule has 1 N–H and O–H groups in total. The van der Waals surface area contributed by atoms with Crippen LogP contribution in [0.3, 0.4) is 0 Å². The second-order valence-corrected chi connectivity index (χ2v) is 3.88. The first-order valence-electron chi connectivity index (χ1n) is 5.58. The molecule has 0 saturated heterocycles. The lowest BCUT2D eigenvalue weighted by Gasteiger charge is -2.14. The van der Waals surface area contributed by atoms with Crippen LogP contribution in [-0.2, 0) is 22.7 Å². The van der Waals surface area contributed by atoms with Gasteiger partial charge in [0.1, 0.15) is 5.75 Å². The molecular formula is C13H20O4. The van der Waals surface area contributed by atoms with E-state index in [1.165, 1.54) is 0 Å². The topological polar surface area (TPSA) is 47.9 Å². The molecule has 0 bridgehead atoms. The third kappa shape index (κ3) is 4.34. The quantitative estimate of drug-likeness (QED) is 0.788. The summed E-state index contributed by atoms with van der Waals surface area (Å²) in [6.07, 6.45) is 0.0301. The van der Waals surface area contributed by atoms with Gasteiger partial charge in [0.2, 0.25) is 0 Å². The van der Waals surface area contributed by atoms with Crippen molar-refractivity contribution < 1.29 is 19.3 Å². The number of aliphatic hydroxyl groups is 1. The third-order valence-electron chi connectivity index (χ3n) is 2.45. The molecule has 1 atom stereocenters. The highest BCUT2D eigenvalue weighted by molar-refractivity contribution is 5.36. The molecule has 0 radical (unpaired) electrons. The van der Waals surface area contributed by atoms with E-state index in [4.69, 9.17) is 19.3 Å². The van der Waals surface area contributed by atoms with Gasteiger partial charge in [0.05, 0.1) is 33.0 Å². The minimum absolute atomic E-state index is 0.0185. The van der Waals surface area contributed by atoms with E-state index >= 15 is 0 Å². The van der Waals surface area contributed by atoms with E-state index in [-0.39, 0.29) is 12.7 Å². The monoisotopic (exact) mass is 240 g/mol. The molecule has 0 fully saturated rings. The summed E-state index contributed by atoms with van der Waals surface area (Å²) < 4.78 is 15.9. The highest BCUT2D eigenvalue weighted by Crippen LogP contribution is 2.21. The van der Waals surface area contributed by atoms with E-state index in [9.17, 15) is 0 Å². The van der Waals surface area contributed by atoms with Gasteiger partial charge in [-0.1, -0.05) is 6.07 Å². The van der Waals surface area contributed by atoms with Gasteiger partial charge in [-0.05, 0) is 24.6 Å². The van der Waals surface area contributed by atoms with E-state index in [1.807, 2.05) is 25.1 Å². The molecule has 0 aromatic heterocycles. The zero-order valence-electron chi connectivity index (χ0n) is 10.6. The lowest BCUT2D eigenvalue weighted by Crippen LogP contribution is -2.14. The molecular weight excluding hydrogens is 220 g/mol. The largest absolute Gasteiger partial charge is 0.496 e. The fraction of sp³-hybridized carbons (Fsp3) is 0.538. The molecule has 1 aromatic rings. The third-order valence-corrected chi connectivity index (χ3v) is 2.45. The molecule has 17 heavy (non-hydrogen) atoms. The molecule has 0 spiro atoms. The Morgan fingerprint density at radius 3 is 2.65 bits per heavy atom. The number of ether oxygens (including phenoxy) is 3. The van der Waals surface area contributed by atoms with Crippen molar-refractivity contribution in [1.82, 2.24) is 0 Å². The number of benzene rings is 1. The Hall–Kier alpha value is -1.10. The molecule has 0 aliphatic rings. The van der Waals surface area contributed by atoms with E-state index < -0.39 is 0 Å². The molecule has 0 aliphatic carbocycles. The number of hydrogen-bond acceptors (Lipinski definition) is 4. The van der Waals surface area contributed by atoms with Gasteiger partial charge in [-0.3, -0.25) is 0 Å². The smallest absolute Gasteiger partial charge is 0.124 e. The summed E-state index contributed by atoms with van der Waals surface area (Å²) in [5, 5.41) is 9.09. The first-order chi connectivity index (χ1) is 8.21. The molecule has 1 unspecified atom stereocenters. The lowest BCUT2D eigenvalue weighted by molar-refractivity contribution is -0.000774.